The van der Waals surface area contributed by atoms with Crippen molar-refractivity contribution in [3.05, 3.63) is 38.2 Å². The molecule has 1 aromatic carbocycles. The summed E-state index contributed by atoms with van der Waals surface area (Å²) in [6.45, 7) is 5.94. The van der Waals surface area contributed by atoms with E-state index in [9.17, 15) is 28.1 Å². The topological polar surface area (TPSA) is 79.6 Å². The van der Waals surface area contributed by atoms with Crippen molar-refractivity contribution in [2.24, 2.45) is 0 Å². The van der Waals surface area contributed by atoms with Crippen molar-refractivity contribution in [2.45, 2.75) is 38.8 Å². The lowest BCUT2D eigenvalue weighted by atomic mass is 10.1. The van der Waals surface area contributed by atoms with Gasteiger partial charge in [-0.3, -0.25) is 19.8 Å². The number of fused-ring (bicyclic) bond motifs is 1. The summed E-state index contributed by atoms with van der Waals surface area (Å²) >= 11 is 0.895. The number of benzene rings is 1. The average Bonchev–Trinajstić information content (AvgIpc) is 2.70. The normalized spacial score (nSPS) is 15.7. The van der Waals surface area contributed by atoms with Gasteiger partial charge in [0.25, 0.3) is 11.2 Å². The minimum Gasteiger partial charge on any atom is -0.345 e. The van der Waals surface area contributed by atoms with Gasteiger partial charge in [0.15, 0.2) is 5.13 Å². The van der Waals surface area contributed by atoms with Gasteiger partial charge < -0.3 is 4.90 Å². The summed E-state index contributed by atoms with van der Waals surface area (Å²) in [5.41, 5.74) is -2.83. The number of hydrogen-bond acceptors (Lipinski definition) is 7. The van der Waals surface area contributed by atoms with Crippen LogP contribution in [0.5, 0.6) is 0 Å². The number of hydrogen-bond donors (Lipinski definition) is 0. The highest BCUT2D eigenvalue weighted by molar-refractivity contribution is 7.22. The zero-order valence-corrected chi connectivity index (χ0v) is 17.4. The molecule has 0 bridgehead atoms. The SMILES string of the molecule is CCCCCCN1CCN(c2nc(=O)c3cc(C(F)(F)F)cc([N+](=O)[O-])c3s2)CC1. The van der Waals surface area contributed by atoms with Crippen LogP contribution in [-0.2, 0) is 6.18 Å². The summed E-state index contributed by atoms with van der Waals surface area (Å²) in [5.74, 6) is 0. The van der Waals surface area contributed by atoms with E-state index in [0.717, 1.165) is 37.4 Å². The molecule has 0 amide bonds. The highest BCUT2D eigenvalue weighted by atomic mass is 32.1. The minimum atomic E-state index is -4.79. The quantitative estimate of drug-likeness (QED) is 0.360. The van der Waals surface area contributed by atoms with Crippen LogP contribution in [0.1, 0.15) is 38.2 Å². The first-order valence-corrected chi connectivity index (χ1v) is 10.7. The van der Waals surface area contributed by atoms with Crippen LogP contribution >= 0.6 is 11.3 Å². The third-order valence-electron chi connectivity index (χ3n) is 5.19. The zero-order valence-electron chi connectivity index (χ0n) is 16.6. The van der Waals surface area contributed by atoms with Gasteiger partial charge in [0, 0.05) is 32.2 Å². The lowest BCUT2D eigenvalue weighted by Crippen LogP contribution is -2.47. The van der Waals surface area contributed by atoms with Gasteiger partial charge in [-0.2, -0.15) is 18.2 Å². The molecule has 2 aromatic rings. The molecule has 7 nitrogen and oxygen atoms in total. The number of unbranched alkanes of at least 4 members (excludes halogenated alkanes) is 3. The molecule has 1 aromatic heterocycles. The second-order valence-corrected chi connectivity index (χ2v) is 8.30. The van der Waals surface area contributed by atoms with Crippen LogP contribution in [-0.4, -0.2) is 47.5 Å². The van der Waals surface area contributed by atoms with Crippen LogP contribution in [0.3, 0.4) is 0 Å². The van der Waals surface area contributed by atoms with Crippen molar-refractivity contribution >= 4 is 32.2 Å². The summed E-state index contributed by atoms with van der Waals surface area (Å²) < 4.78 is 39.1. The molecular formula is C19H23F3N4O3S. The molecule has 1 aliphatic rings. The predicted octanol–water partition coefficient (Wildman–Crippen LogP) is 4.29. The van der Waals surface area contributed by atoms with E-state index in [-0.39, 0.29) is 10.1 Å². The van der Waals surface area contributed by atoms with E-state index in [1.54, 1.807) is 0 Å². The van der Waals surface area contributed by atoms with Gasteiger partial charge in [-0.05, 0) is 19.0 Å². The fourth-order valence-electron chi connectivity index (χ4n) is 3.50. The Labute approximate surface area is 175 Å². The Hall–Kier alpha value is -2.27. The lowest BCUT2D eigenvalue weighted by molar-refractivity contribution is -0.383. The summed E-state index contributed by atoms with van der Waals surface area (Å²) in [5, 5.41) is 11.3. The van der Waals surface area contributed by atoms with Crippen molar-refractivity contribution in [2.75, 3.05) is 37.6 Å². The number of anilines is 1. The Balaban J connectivity index is 1.84. The highest BCUT2D eigenvalue weighted by Gasteiger charge is 2.34. The summed E-state index contributed by atoms with van der Waals surface area (Å²) in [6.07, 6.45) is -0.0832. The van der Waals surface area contributed by atoms with Crippen LogP contribution in [0.2, 0.25) is 0 Å². The number of nitro benzene ring substituents is 1. The van der Waals surface area contributed by atoms with Crippen molar-refractivity contribution in [3.63, 3.8) is 0 Å². The number of piperazine rings is 1. The van der Waals surface area contributed by atoms with E-state index in [0.29, 0.717) is 30.4 Å². The molecule has 1 aliphatic heterocycles. The first-order valence-electron chi connectivity index (χ1n) is 9.88. The van der Waals surface area contributed by atoms with Crippen LogP contribution in [0.25, 0.3) is 10.1 Å². The zero-order chi connectivity index (χ0) is 21.9. The molecule has 0 atom stereocenters. The fourth-order valence-corrected chi connectivity index (χ4v) is 4.62. The van der Waals surface area contributed by atoms with E-state index < -0.39 is 27.9 Å². The molecule has 0 spiro atoms. The molecule has 11 heteroatoms. The van der Waals surface area contributed by atoms with Crippen molar-refractivity contribution in [1.29, 1.82) is 0 Å². The third-order valence-corrected chi connectivity index (χ3v) is 6.35. The van der Waals surface area contributed by atoms with Gasteiger partial charge in [-0.25, -0.2) is 0 Å². The molecule has 0 radical (unpaired) electrons. The molecule has 0 N–H and O–H groups in total. The van der Waals surface area contributed by atoms with E-state index >= 15 is 0 Å². The molecule has 3 rings (SSSR count). The third kappa shape index (κ3) is 5.07. The van der Waals surface area contributed by atoms with E-state index in [1.807, 2.05) is 4.90 Å². The Morgan fingerprint density at radius 3 is 2.47 bits per heavy atom. The molecule has 0 unspecified atom stereocenters. The lowest BCUT2D eigenvalue weighted by Gasteiger charge is -2.34. The van der Waals surface area contributed by atoms with Crippen LogP contribution in [0.4, 0.5) is 24.0 Å². The smallest absolute Gasteiger partial charge is 0.345 e. The number of non-ortho nitro benzene ring substituents is 1. The largest absolute Gasteiger partial charge is 0.416 e. The molecule has 1 saturated heterocycles. The second kappa shape index (κ2) is 9.25. The standard InChI is InChI=1S/C19H23F3N4O3S/c1-2-3-4-5-6-24-7-9-25(10-8-24)18-23-17(27)14-11-13(19(20,21)22)12-15(26(28)29)16(14)30-18/h11-12H,2-10H2,1H3. The molecule has 1 fully saturated rings. The van der Waals surface area contributed by atoms with E-state index in [1.165, 1.54) is 19.3 Å². The van der Waals surface area contributed by atoms with Crippen LogP contribution in [0.15, 0.2) is 16.9 Å². The van der Waals surface area contributed by atoms with Gasteiger partial charge in [-0.1, -0.05) is 37.5 Å². The first-order chi connectivity index (χ1) is 14.2. The second-order valence-electron chi connectivity index (χ2n) is 7.32. The maximum atomic E-state index is 13.1. The van der Waals surface area contributed by atoms with E-state index in [2.05, 4.69) is 16.8 Å². The number of aromatic nitrogens is 1. The Morgan fingerprint density at radius 2 is 1.87 bits per heavy atom. The molecule has 0 saturated carbocycles. The minimum absolute atomic E-state index is 0.0787. The predicted molar refractivity (Wildman–Crippen MR) is 110 cm³/mol. The maximum Gasteiger partial charge on any atom is 0.416 e. The Kier molecular flexibility index (Phi) is 6.91. The number of alkyl halides is 3. The summed E-state index contributed by atoms with van der Waals surface area (Å²) in [7, 11) is 0. The highest BCUT2D eigenvalue weighted by Crippen LogP contribution is 2.38. The number of rotatable bonds is 7. The van der Waals surface area contributed by atoms with Gasteiger partial charge in [0.2, 0.25) is 0 Å². The maximum absolute atomic E-state index is 13.1. The van der Waals surface area contributed by atoms with Gasteiger partial charge >= 0.3 is 6.18 Å². The Morgan fingerprint density at radius 1 is 1.17 bits per heavy atom. The number of nitro groups is 1. The summed E-state index contributed by atoms with van der Waals surface area (Å²) in [6, 6.07) is 1.13. The van der Waals surface area contributed by atoms with Crippen molar-refractivity contribution in [3.8, 4) is 0 Å². The number of nitrogens with zero attached hydrogens (tertiary/aromatic N) is 4. The Bertz CT molecular complexity index is 972. The molecular weight excluding hydrogens is 421 g/mol. The monoisotopic (exact) mass is 444 g/mol. The van der Waals surface area contributed by atoms with E-state index in [4.69, 9.17) is 0 Å². The summed E-state index contributed by atoms with van der Waals surface area (Å²) in [4.78, 5) is 31.1. The van der Waals surface area contributed by atoms with Crippen molar-refractivity contribution < 1.29 is 18.1 Å². The van der Waals surface area contributed by atoms with Crippen LogP contribution < -0.4 is 10.5 Å². The molecule has 0 aliphatic carbocycles. The van der Waals surface area contributed by atoms with Gasteiger partial charge in [0.1, 0.15) is 4.70 Å². The molecule has 30 heavy (non-hydrogen) atoms. The fraction of sp³-hybridized carbons (Fsp3) is 0.579. The van der Waals surface area contributed by atoms with Crippen molar-refractivity contribution in [1.82, 2.24) is 9.88 Å². The first kappa shape index (κ1) is 22.4. The number of halogens is 3. The molecule has 164 valence electrons. The van der Waals surface area contributed by atoms with Gasteiger partial charge in [0.05, 0.1) is 15.9 Å². The van der Waals surface area contributed by atoms with Gasteiger partial charge in [-0.15, -0.1) is 0 Å². The average molecular weight is 444 g/mol. The molecule has 2 heterocycles. The van der Waals surface area contributed by atoms with Crippen LogP contribution in [0, 0.1) is 10.1 Å².